The quantitative estimate of drug-likeness (QED) is 0.529. The summed E-state index contributed by atoms with van der Waals surface area (Å²) in [6, 6.07) is 0. The average molecular weight is 301 g/mol. The van der Waals surface area contributed by atoms with E-state index in [1.165, 1.54) is 12.8 Å². The molecule has 126 valence electrons. The predicted octanol–water partition coefficient (Wildman–Crippen LogP) is 3.54. The molecule has 0 heterocycles. The molecule has 0 aromatic carbocycles. The van der Waals surface area contributed by atoms with Crippen molar-refractivity contribution >= 4 is 5.91 Å². The van der Waals surface area contributed by atoms with Gasteiger partial charge in [0.25, 0.3) is 0 Å². The summed E-state index contributed by atoms with van der Waals surface area (Å²) in [5, 5.41) is 2.88. The summed E-state index contributed by atoms with van der Waals surface area (Å²) < 4.78 is 10.9. The smallest absolute Gasteiger partial charge is 0.220 e. The summed E-state index contributed by atoms with van der Waals surface area (Å²) in [5.41, 5.74) is 0.322. The third-order valence-corrected chi connectivity index (χ3v) is 3.19. The van der Waals surface area contributed by atoms with Gasteiger partial charge in [0.15, 0.2) is 0 Å². The van der Waals surface area contributed by atoms with Crippen LogP contribution in [0.1, 0.15) is 66.2 Å². The summed E-state index contributed by atoms with van der Waals surface area (Å²) in [5.74, 6) is 0.135. The average Bonchev–Trinajstić information content (AvgIpc) is 2.40. The predicted molar refractivity (Wildman–Crippen MR) is 87.5 cm³/mol. The van der Waals surface area contributed by atoms with E-state index in [9.17, 15) is 4.79 Å². The first kappa shape index (κ1) is 20.4. The maximum Gasteiger partial charge on any atom is 0.220 e. The van der Waals surface area contributed by atoms with Gasteiger partial charge in [-0.05, 0) is 18.3 Å². The molecule has 0 spiro atoms. The Hall–Kier alpha value is -0.610. The van der Waals surface area contributed by atoms with Crippen molar-refractivity contribution in [1.82, 2.24) is 5.32 Å². The van der Waals surface area contributed by atoms with Crippen molar-refractivity contribution in [2.75, 3.05) is 33.0 Å². The SMILES string of the molecule is CCCCCCC(=O)NCCOCCOCCC(C)(C)C. The molecule has 0 saturated heterocycles. The van der Waals surface area contributed by atoms with Crippen LogP contribution in [0.4, 0.5) is 0 Å². The Morgan fingerprint density at radius 3 is 2.24 bits per heavy atom. The zero-order valence-corrected chi connectivity index (χ0v) is 14.5. The normalized spacial score (nSPS) is 11.6. The summed E-state index contributed by atoms with van der Waals surface area (Å²) in [6.07, 6.45) is 6.24. The van der Waals surface area contributed by atoms with E-state index in [0.29, 0.717) is 38.2 Å². The third kappa shape index (κ3) is 17.3. The fourth-order valence-corrected chi connectivity index (χ4v) is 1.76. The second-order valence-electron chi connectivity index (χ2n) is 6.70. The zero-order chi connectivity index (χ0) is 16.0. The summed E-state index contributed by atoms with van der Waals surface area (Å²) in [6.45, 7) is 11.9. The molecule has 0 atom stereocenters. The molecular weight excluding hydrogens is 266 g/mol. The number of hydrogen-bond acceptors (Lipinski definition) is 3. The highest BCUT2D eigenvalue weighted by atomic mass is 16.5. The van der Waals surface area contributed by atoms with Gasteiger partial charge in [-0.25, -0.2) is 0 Å². The molecule has 0 aromatic rings. The summed E-state index contributed by atoms with van der Waals surface area (Å²) in [4.78, 5) is 11.5. The Balaban J connectivity index is 3.19. The van der Waals surface area contributed by atoms with Crippen LogP contribution in [0, 0.1) is 5.41 Å². The maximum atomic E-state index is 11.5. The lowest BCUT2D eigenvalue weighted by Crippen LogP contribution is -2.27. The Bertz CT molecular complexity index is 249. The van der Waals surface area contributed by atoms with Gasteiger partial charge in [-0.1, -0.05) is 47.0 Å². The third-order valence-electron chi connectivity index (χ3n) is 3.19. The number of carbonyl (C=O) groups is 1. The Morgan fingerprint density at radius 2 is 1.62 bits per heavy atom. The van der Waals surface area contributed by atoms with E-state index in [1.54, 1.807) is 0 Å². The first-order chi connectivity index (χ1) is 9.95. The molecule has 4 nitrogen and oxygen atoms in total. The number of nitrogens with one attached hydrogen (secondary N) is 1. The van der Waals surface area contributed by atoms with Gasteiger partial charge in [0.2, 0.25) is 5.91 Å². The molecule has 1 N–H and O–H groups in total. The van der Waals surface area contributed by atoms with Gasteiger partial charge in [-0.15, -0.1) is 0 Å². The molecule has 0 aromatic heterocycles. The minimum absolute atomic E-state index is 0.135. The van der Waals surface area contributed by atoms with Crippen LogP contribution in [0.25, 0.3) is 0 Å². The molecule has 0 fully saturated rings. The van der Waals surface area contributed by atoms with Crippen molar-refractivity contribution in [2.45, 2.75) is 66.2 Å². The Kier molecular flexibility index (Phi) is 12.7. The van der Waals surface area contributed by atoms with Crippen molar-refractivity contribution in [1.29, 1.82) is 0 Å². The van der Waals surface area contributed by atoms with Gasteiger partial charge < -0.3 is 14.8 Å². The van der Waals surface area contributed by atoms with E-state index in [0.717, 1.165) is 25.9 Å². The molecule has 0 radical (unpaired) electrons. The number of unbranched alkanes of at least 4 members (excludes halogenated alkanes) is 3. The van der Waals surface area contributed by atoms with Gasteiger partial charge in [-0.2, -0.15) is 0 Å². The van der Waals surface area contributed by atoms with Gasteiger partial charge in [0.05, 0.1) is 19.8 Å². The van der Waals surface area contributed by atoms with Crippen LogP contribution >= 0.6 is 0 Å². The second-order valence-corrected chi connectivity index (χ2v) is 6.70. The summed E-state index contributed by atoms with van der Waals surface area (Å²) in [7, 11) is 0. The number of rotatable bonds is 13. The highest BCUT2D eigenvalue weighted by Crippen LogP contribution is 2.17. The lowest BCUT2D eigenvalue weighted by molar-refractivity contribution is -0.121. The van der Waals surface area contributed by atoms with Gasteiger partial charge in [0, 0.05) is 19.6 Å². The lowest BCUT2D eigenvalue weighted by Gasteiger charge is -2.17. The number of hydrogen-bond donors (Lipinski definition) is 1. The summed E-state index contributed by atoms with van der Waals surface area (Å²) >= 11 is 0. The van der Waals surface area contributed by atoms with Crippen LogP contribution in [-0.2, 0) is 14.3 Å². The first-order valence-corrected chi connectivity index (χ1v) is 8.38. The van der Waals surface area contributed by atoms with E-state index in [-0.39, 0.29) is 5.91 Å². The van der Waals surface area contributed by atoms with Crippen molar-refractivity contribution in [3.63, 3.8) is 0 Å². The number of amides is 1. The molecular formula is C17H35NO3. The van der Waals surface area contributed by atoms with Crippen molar-refractivity contribution in [2.24, 2.45) is 5.41 Å². The number of ether oxygens (including phenoxy) is 2. The lowest BCUT2D eigenvalue weighted by atomic mass is 9.93. The monoisotopic (exact) mass is 301 g/mol. The zero-order valence-electron chi connectivity index (χ0n) is 14.5. The standard InChI is InChI=1S/C17H35NO3/c1-5-6-7-8-9-16(19)18-11-13-21-15-14-20-12-10-17(2,3)4/h5-15H2,1-4H3,(H,18,19). The van der Waals surface area contributed by atoms with Crippen LogP contribution in [0.3, 0.4) is 0 Å². The first-order valence-electron chi connectivity index (χ1n) is 8.38. The van der Waals surface area contributed by atoms with E-state index >= 15 is 0 Å². The highest BCUT2D eigenvalue weighted by molar-refractivity contribution is 5.75. The molecule has 21 heavy (non-hydrogen) atoms. The van der Waals surface area contributed by atoms with Gasteiger partial charge in [0.1, 0.15) is 0 Å². The molecule has 0 aliphatic rings. The minimum atomic E-state index is 0.135. The van der Waals surface area contributed by atoms with Crippen LogP contribution < -0.4 is 5.32 Å². The fourth-order valence-electron chi connectivity index (χ4n) is 1.76. The van der Waals surface area contributed by atoms with E-state index in [4.69, 9.17) is 9.47 Å². The number of carbonyl (C=O) groups excluding carboxylic acids is 1. The van der Waals surface area contributed by atoms with E-state index < -0.39 is 0 Å². The fraction of sp³-hybridized carbons (Fsp3) is 0.941. The molecule has 0 bridgehead atoms. The Morgan fingerprint density at radius 1 is 0.952 bits per heavy atom. The van der Waals surface area contributed by atoms with E-state index in [2.05, 4.69) is 33.0 Å². The van der Waals surface area contributed by atoms with Crippen molar-refractivity contribution < 1.29 is 14.3 Å². The van der Waals surface area contributed by atoms with Crippen LogP contribution in [0.2, 0.25) is 0 Å². The molecule has 0 aliphatic carbocycles. The van der Waals surface area contributed by atoms with Crippen LogP contribution in [-0.4, -0.2) is 38.9 Å². The highest BCUT2D eigenvalue weighted by Gasteiger charge is 2.08. The van der Waals surface area contributed by atoms with Crippen molar-refractivity contribution in [3.05, 3.63) is 0 Å². The van der Waals surface area contributed by atoms with Crippen molar-refractivity contribution in [3.8, 4) is 0 Å². The molecule has 0 aliphatic heterocycles. The molecule has 0 unspecified atom stereocenters. The molecule has 0 saturated carbocycles. The Labute approximate surface area is 131 Å². The largest absolute Gasteiger partial charge is 0.379 e. The van der Waals surface area contributed by atoms with Crippen LogP contribution in [0.15, 0.2) is 0 Å². The van der Waals surface area contributed by atoms with Crippen LogP contribution in [0.5, 0.6) is 0 Å². The minimum Gasteiger partial charge on any atom is -0.379 e. The topological polar surface area (TPSA) is 47.6 Å². The second kappa shape index (κ2) is 13.1. The van der Waals surface area contributed by atoms with Gasteiger partial charge in [-0.3, -0.25) is 4.79 Å². The van der Waals surface area contributed by atoms with Gasteiger partial charge >= 0.3 is 0 Å². The molecule has 4 heteroatoms. The van der Waals surface area contributed by atoms with E-state index in [1.807, 2.05) is 0 Å². The molecule has 0 rings (SSSR count). The maximum absolute atomic E-state index is 11.5. The molecule has 1 amide bonds.